The first-order valence-corrected chi connectivity index (χ1v) is 20.9. The van der Waals surface area contributed by atoms with Crippen LogP contribution in [0.2, 0.25) is 0 Å². The highest BCUT2D eigenvalue weighted by atomic mass is 16.7. The molecule has 4 aliphatic carbocycles. The fourth-order valence-electron chi connectivity index (χ4n) is 12.9. The number of cyclic esters (lactones) is 1. The van der Waals surface area contributed by atoms with Crippen LogP contribution in [0.25, 0.3) is 0 Å². The first-order valence-electron chi connectivity index (χ1n) is 20.9. The summed E-state index contributed by atoms with van der Waals surface area (Å²) in [5.41, 5.74) is -0.686. The van der Waals surface area contributed by atoms with Crippen molar-refractivity contribution < 1.29 is 68.6 Å². The monoisotopic (exact) mass is 780 g/mol. The van der Waals surface area contributed by atoms with Crippen molar-refractivity contribution in [3.63, 3.8) is 0 Å². The van der Waals surface area contributed by atoms with Crippen molar-refractivity contribution in [3.05, 3.63) is 11.6 Å². The van der Waals surface area contributed by atoms with Crippen LogP contribution in [0.3, 0.4) is 0 Å². The van der Waals surface area contributed by atoms with Gasteiger partial charge in [-0.1, -0.05) is 13.8 Å². The maximum absolute atomic E-state index is 12.6. The van der Waals surface area contributed by atoms with Gasteiger partial charge in [0, 0.05) is 43.1 Å². The predicted octanol–water partition coefficient (Wildman–Crippen LogP) is 2.22. The number of aliphatic hydroxyl groups excluding tert-OH is 5. The fourth-order valence-corrected chi connectivity index (χ4v) is 12.9. The van der Waals surface area contributed by atoms with Gasteiger partial charge in [-0.15, -0.1) is 0 Å². The Morgan fingerprint density at radius 2 is 1.29 bits per heavy atom. The van der Waals surface area contributed by atoms with E-state index in [4.69, 9.17) is 33.2 Å². The third-order valence-electron chi connectivity index (χ3n) is 15.8. The van der Waals surface area contributed by atoms with Gasteiger partial charge in [0.1, 0.15) is 24.9 Å². The maximum atomic E-state index is 12.6. The number of fused-ring (bicyclic) bond motifs is 5. The van der Waals surface area contributed by atoms with Crippen molar-refractivity contribution in [1.82, 2.24) is 0 Å². The molecule has 0 radical (unpaired) electrons. The normalized spacial score (nSPS) is 55.5. The summed E-state index contributed by atoms with van der Waals surface area (Å²) in [7, 11) is 0. The molecule has 0 aromatic heterocycles. The molecule has 14 heteroatoms. The average Bonchev–Trinajstić information content (AvgIpc) is 3.62. The average molecular weight is 781 g/mol. The van der Waals surface area contributed by atoms with E-state index in [-0.39, 0.29) is 55.2 Å². The fraction of sp³-hybridized carbons (Fsp3) is 0.927. The molecule has 8 aliphatic rings. The Hall–Kier alpha value is -1.27. The van der Waals surface area contributed by atoms with Crippen LogP contribution in [0.4, 0.5) is 0 Å². The van der Waals surface area contributed by atoms with Gasteiger partial charge >= 0.3 is 5.97 Å². The molecular formula is C41H64O14. The Labute approximate surface area is 323 Å². The largest absolute Gasteiger partial charge is 0.458 e. The second-order valence-corrected chi connectivity index (χ2v) is 18.9. The molecule has 0 aromatic rings. The highest BCUT2D eigenvalue weighted by Crippen LogP contribution is 2.70. The molecule has 21 atom stereocenters. The first-order chi connectivity index (χ1) is 26.0. The summed E-state index contributed by atoms with van der Waals surface area (Å²) in [4.78, 5) is 12.0. The van der Waals surface area contributed by atoms with Gasteiger partial charge in [0.05, 0.1) is 54.4 Å². The molecule has 0 bridgehead atoms. The van der Waals surface area contributed by atoms with Crippen molar-refractivity contribution in [2.24, 2.45) is 34.5 Å². The summed E-state index contributed by atoms with van der Waals surface area (Å²) >= 11 is 0. The summed E-state index contributed by atoms with van der Waals surface area (Å²) in [5.74, 6) is 0.174. The molecule has 4 aliphatic heterocycles. The van der Waals surface area contributed by atoms with E-state index in [0.29, 0.717) is 18.3 Å². The van der Waals surface area contributed by atoms with Crippen molar-refractivity contribution in [2.45, 2.75) is 197 Å². The zero-order valence-corrected chi connectivity index (χ0v) is 32.9. The lowest BCUT2D eigenvalue weighted by Crippen LogP contribution is -2.62. The topological polar surface area (TPSA) is 203 Å². The lowest BCUT2D eigenvalue weighted by Gasteiger charge is -2.63. The predicted molar refractivity (Wildman–Crippen MR) is 193 cm³/mol. The summed E-state index contributed by atoms with van der Waals surface area (Å²) in [6, 6.07) is 0. The van der Waals surface area contributed by atoms with E-state index in [1.54, 1.807) is 13.8 Å². The van der Waals surface area contributed by atoms with E-state index in [9.17, 15) is 35.4 Å². The minimum atomic E-state index is -1.01. The maximum Gasteiger partial charge on any atom is 0.331 e. The second-order valence-electron chi connectivity index (χ2n) is 18.9. The van der Waals surface area contributed by atoms with Crippen molar-refractivity contribution in [1.29, 1.82) is 0 Å². The van der Waals surface area contributed by atoms with Gasteiger partial charge in [-0.25, -0.2) is 4.79 Å². The summed E-state index contributed by atoms with van der Waals surface area (Å²) in [6.07, 6.45) is -1.26. The van der Waals surface area contributed by atoms with Crippen LogP contribution in [-0.2, 0) is 38.0 Å². The smallest absolute Gasteiger partial charge is 0.331 e. The molecule has 7 fully saturated rings. The van der Waals surface area contributed by atoms with Crippen molar-refractivity contribution in [3.8, 4) is 0 Å². The molecule has 6 N–H and O–H groups in total. The van der Waals surface area contributed by atoms with Crippen LogP contribution >= 0.6 is 0 Å². The number of carbonyl (C=O) groups is 1. The number of rotatable bonds is 7. The number of carbonyl (C=O) groups excluding carboxylic acids is 1. The summed E-state index contributed by atoms with van der Waals surface area (Å²) in [5, 5.41) is 66.3. The minimum absolute atomic E-state index is 0.0203. The summed E-state index contributed by atoms with van der Waals surface area (Å²) in [6.45, 7) is 9.98. The van der Waals surface area contributed by atoms with E-state index in [2.05, 4.69) is 13.8 Å². The Kier molecular flexibility index (Phi) is 11.1. The third-order valence-corrected chi connectivity index (χ3v) is 15.8. The van der Waals surface area contributed by atoms with Gasteiger partial charge < -0.3 is 63.8 Å². The molecule has 14 nitrogen and oxygen atoms in total. The lowest BCUT2D eigenvalue weighted by molar-refractivity contribution is -0.336. The molecule has 0 amide bonds. The van der Waals surface area contributed by atoms with Gasteiger partial charge in [0.25, 0.3) is 0 Å². The zero-order chi connectivity index (χ0) is 39.2. The quantitative estimate of drug-likeness (QED) is 0.162. The minimum Gasteiger partial charge on any atom is -0.458 e. The van der Waals surface area contributed by atoms with E-state index in [1.165, 1.54) is 6.08 Å². The van der Waals surface area contributed by atoms with Gasteiger partial charge in [-0.05, 0) is 94.5 Å². The second kappa shape index (κ2) is 15.1. The molecule has 55 heavy (non-hydrogen) atoms. The molecule has 4 saturated carbocycles. The molecular weight excluding hydrogens is 716 g/mol. The molecule has 8 rings (SSSR count). The van der Waals surface area contributed by atoms with Crippen LogP contribution < -0.4 is 0 Å². The van der Waals surface area contributed by atoms with Gasteiger partial charge in [0.2, 0.25) is 0 Å². The van der Waals surface area contributed by atoms with E-state index < -0.39 is 90.9 Å². The molecule has 0 aromatic carbocycles. The highest BCUT2D eigenvalue weighted by Gasteiger charge is 2.70. The molecule has 4 heterocycles. The van der Waals surface area contributed by atoms with Gasteiger partial charge in [0.15, 0.2) is 18.9 Å². The number of aliphatic hydroxyl groups is 6. The van der Waals surface area contributed by atoms with Crippen molar-refractivity contribution >= 4 is 5.97 Å². The highest BCUT2D eigenvalue weighted by molar-refractivity contribution is 5.85. The van der Waals surface area contributed by atoms with E-state index in [0.717, 1.165) is 50.5 Å². The number of esters is 1. The third kappa shape index (κ3) is 7.05. The number of ether oxygens (including phenoxy) is 7. The standard InChI is InChI=1S/C41H64O14/c1-19-36(47)27(42)14-33(50-19)54-38-21(3)52-34(16-29(38)44)55-37-20(2)51-32(15-28(37)43)53-24-8-10-39(4)23(13-24)6-7-26-25(39)9-11-40(5)35(22-12-31(46)49-18-22)30(45)17-41(26,40)48/h12,19-21,23-30,32-38,42-45,47-48H,6-11,13-18H2,1-5H3/t19?,20?,21?,23?,24?,25-,26+,27?,28?,29?,30?,32?,33?,34?,35?,36?,37?,38?,39?,40?,41?/m0/s1. The van der Waals surface area contributed by atoms with E-state index in [1.807, 2.05) is 6.92 Å². The van der Waals surface area contributed by atoms with Gasteiger partial charge in [-0.3, -0.25) is 0 Å². The molecule has 3 saturated heterocycles. The van der Waals surface area contributed by atoms with Crippen LogP contribution in [0.5, 0.6) is 0 Å². The Morgan fingerprint density at radius 1 is 0.691 bits per heavy atom. The van der Waals surface area contributed by atoms with E-state index >= 15 is 0 Å². The number of hydrogen-bond acceptors (Lipinski definition) is 14. The molecule has 19 unspecified atom stereocenters. The Balaban J connectivity index is 0.834. The van der Waals surface area contributed by atoms with Crippen LogP contribution in [-0.4, -0.2) is 135 Å². The van der Waals surface area contributed by atoms with Crippen LogP contribution in [0.1, 0.15) is 105 Å². The summed E-state index contributed by atoms with van der Waals surface area (Å²) < 4.78 is 42.1. The zero-order valence-electron chi connectivity index (χ0n) is 32.9. The van der Waals surface area contributed by atoms with Crippen LogP contribution in [0, 0.1) is 34.5 Å². The SMILES string of the molecule is CC1OC(OC2C(O)CC(OC3C(O)CC(OC4CCC5(C)C(CC[C@@H]6[C@@H]5CCC5(C)C(C7=CC(=O)OC7)C(O)CC65O)C4)OC3C)OC2C)CC(O)C1O. The van der Waals surface area contributed by atoms with Crippen LogP contribution in [0.15, 0.2) is 11.6 Å². The lowest BCUT2D eigenvalue weighted by atomic mass is 9.43. The molecule has 312 valence electrons. The first kappa shape index (κ1) is 40.5. The van der Waals surface area contributed by atoms with Gasteiger partial charge in [-0.2, -0.15) is 0 Å². The van der Waals surface area contributed by atoms with Crippen molar-refractivity contribution in [2.75, 3.05) is 6.61 Å². The molecule has 0 spiro atoms. The Morgan fingerprint density at radius 3 is 1.87 bits per heavy atom. The Bertz CT molecular complexity index is 1410. The number of hydrogen-bond donors (Lipinski definition) is 6.